The minimum atomic E-state index is 0.284. The molecular formula is C20H33N5S. The Morgan fingerprint density at radius 2 is 2.00 bits per heavy atom. The van der Waals surface area contributed by atoms with Crippen molar-refractivity contribution < 1.29 is 0 Å². The van der Waals surface area contributed by atoms with Crippen LogP contribution in [0.5, 0.6) is 0 Å². The standard InChI is InChI=1S/C20H33N5S/c1-20(2)16-25(12-13-26-20)19(21-3)23-15-17-8-9-22-18(14-17)24-10-6-4-5-7-11-24/h8-9,14H,4-7,10-13,15-16H2,1-3H3,(H,21,23). The summed E-state index contributed by atoms with van der Waals surface area (Å²) in [5.41, 5.74) is 1.27. The van der Waals surface area contributed by atoms with Gasteiger partial charge in [-0.2, -0.15) is 11.8 Å². The zero-order chi connectivity index (χ0) is 18.4. The van der Waals surface area contributed by atoms with Crippen molar-refractivity contribution in [3.8, 4) is 0 Å². The quantitative estimate of drug-likeness (QED) is 0.648. The van der Waals surface area contributed by atoms with Gasteiger partial charge < -0.3 is 15.1 Å². The first-order valence-corrected chi connectivity index (χ1v) is 10.9. The highest BCUT2D eigenvalue weighted by molar-refractivity contribution is 8.00. The van der Waals surface area contributed by atoms with Gasteiger partial charge in [-0.3, -0.25) is 4.99 Å². The highest BCUT2D eigenvalue weighted by Gasteiger charge is 2.28. The van der Waals surface area contributed by atoms with Crippen molar-refractivity contribution in [2.75, 3.05) is 43.9 Å². The number of pyridine rings is 1. The fourth-order valence-corrected chi connectivity index (χ4v) is 4.87. The molecule has 0 aliphatic carbocycles. The van der Waals surface area contributed by atoms with Crippen LogP contribution in [0, 0.1) is 0 Å². The lowest BCUT2D eigenvalue weighted by Gasteiger charge is -2.39. The van der Waals surface area contributed by atoms with Crippen molar-refractivity contribution in [1.29, 1.82) is 0 Å². The van der Waals surface area contributed by atoms with Crippen LogP contribution in [-0.4, -0.2) is 59.6 Å². The Labute approximate surface area is 162 Å². The predicted octanol–water partition coefficient (Wildman–Crippen LogP) is 3.36. The van der Waals surface area contributed by atoms with Gasteiger partial charge in [0.05, 0.1) is 0 Å². The number of anilines is 1. The number of aliphatic imine (C=N–C) groups is 1. The third kappa shape index (κ3) is 5.29. The summed E-state index contributed by atoms with van der Waals surface area (Å²) in [6.07, 6.45) is 7.19. The Morgan fingerprint density at radius 1 is 1.23 bits per heavy atom. The Bertz CT molecular complexity index is 608. The molecule has 144 valence electrons. The molecule has 3 rings (SSSR count). The highest BCUT2D eigenvalue weighted by atomic mass is 32.2. The molecule has 0 unspecified atom stereocenters. The molecule has 1 aromatic heterocycles. The number of hydrogen-bond donors (Lipinski definition) is 1. The second kappa shape index (κ2) is 8.98. The van der Waals surface area contributed by atoms with Crippen LogP contribution in [-0.2, 0) is 6.54 Å². The van der Waals surface area contributed by atoms with Gasteiger partial charge >= 0.3 is 0 Å². The van der Waals surface area contributed by atoms with Crippen LogP contribution in [0.25, 0.3) is 0 Å². The minimum Gasteiger partial charge on any atom is -0.357 e. The number of nitrogens with zero attached hydrogens (tertiary/aromatic N) is 4. The van der Waals surface area contributed by atoms with E-state index in [2.05, 4.69) is 51.1 Å². The topological polar surface area (TPSA) is 43.8 Å². The number of rotatable bonds is 3. The van der Waals surface area contributed by atoms with Gasteiger partial charge in [-0.25, -0.2) is 4.98 Å². The zero-order valence-electron chi connectivity index (χ0n) is 16.5. The second-order valence-corrected chi connectivity index (χ2v) is 9.66. The summed E-state index contributed by atoms with van der Waals surface area (Å²) in [6, 6.07) is 4.35. The van der Waals surface area contributed by atoms with Gasteiger partial charge in [0.25, 0.3) is 0 Å². The largest absolute Gasteiger partial charge is 0.357 e. The molecule has 2 aliphatic rings. The van der Waals surface area contributed by atoms with Gasteiger partial charge in [-0.15, -0.1) is 0 Å². The average molecular weight is 376 g/mol. The van der Waals surface area contributed by atoms with Crippen molar-refractivity contribution >= 4 is 23.5 Å². The first kappa shape index (κ1) is 19.3. The van der Waals surface area contributed by atoms with Gasteiger partial charge in [-0.1, -0.05) is 12.8 Å². The number of aromatic nitrogens is 1. The van der Waals surface area contributed by atoms with E-state index in [1.807, 2.05) is 25.0 Å². The van der Waals surface area contributed by atoms with E-state index < -0.39 is 0 Å². The van der Waals surface area contributed by atoms with E-state index in [1.165, 1.54) is 31.2 Å². The van der Waals surface area contributed by atoms with Crippen molar-refractivity contribution in [1.82, 2.24) is 15.2 Å². The molecule has 26 heavy (non-hydrogen) atoms. The number of nitrogens with one attached hydrogen (secondary N) is 1. The Morgan fingerprint density at radius 3 is 2.69 bits per heavy atom. The molecule has 2 saturated heterocycles. The summed E-state index contributed by atoms with van der Waals surface area (Å²) in [5.74, 6) is 3.28. The average Bonchev–Trinajstić information content (AvgIpc) is 2.91. The molecule has 3 heterocycles. The highest BCUT2D eigenvalue weighted by Crippen LogP contribution is 2.29. The molecule has 1 N–H and O–H groups in total. The van der Waals surface area contributed by atoms with Crippen LogP contribution in [0.1, 0.15) is 45.1 Å². The third-order valence-electron chi connectivity index (χ3n) is 5.13. The molecule has 0 spiro atoms. The van der Waals surface area contributed by atoms with Crippen LogP contribution in [0.15, 0.2) is 23.3 Å². The molecule has 0 radical (unpaired) electrons. The van der Waals surface area contributed by atoms with Crippen LogP contribution in [0.4, 0.5) is 5.82 Å². The fraction of sp³-hybridized carbons (Fsp3) is 0.700. The molecule has 0 saturated carbocycles. The van der Waals surface area contributed by atoms with E-state index in [-0.39, 0.29) is 4.75 Å². The van der Waals surface area contributed by atoms with Gasteiger partial charge in [0.15, 0.2) is 5.96 Å². The molecule has 2 aliphatic heterocycles. The Hall–Kier alpha value is -1.43. The smallest absolute Gasteiger partial charge is 0.193 e. The van der Waals surface area contributed by atoms with Crippen LogP contribution in [0.3, 0.4) is 0 Å². The second-order valence-electron chi connectivity index (χ2n) is 7.85. The molecule has 6 heteroatoms. The van der Waals surface area contributed by atoms with E-state index in [0.717, 1.165) is 50.3 Å². The van der Waals surface area contributed by atoms with Crippen LogP contribution >= 0.6 is 11.8 Å². The van der Waals surface area contributed by atoms with Gasteiger partial charge in [0.1, 0.15) is 5.82 Å². The van der Waals surface area contributed by atoms with E-state index in [1.54, 1.807) is 0 Å². The molecule has 0 atom stereocenters. The van der Waals surface area contributed by atoms with Crippen molar-refractivity contribution in [3.05, 3.63) is 23.9 Å². The summed E-state index contributed by atoms with van der Waals surface area (Å²) in [4.78, 5) is 14.0. The molecular weight excluding hydrogens is 342 g/mol. The number of hydrogen-bond acceptors (Lipinski definition) is 4. The van der Waals surface area contributed by atoms with Crippen LogP contribution < -0.4 is 10.2 Å². The minimum absolute atomic E-state index is 0.284. The van der Waals surface area contributed by atoms with Crippen molar-refractivity contribution in [3.63, 3.8) is 0 Å². The maximum Gasteiger partial charge on any atom is 0.193 e. The lowest BCUT2D eigenvalue weighted by atomic mass is 10.2. The number of thioether (sulfide) groups is 1. The maximum absolute atomic E-state index is 4.62. The molecule has 0 aromatic carbocycles. The fourth-order valence-electron chi connectivity index (χ4n) is 3.75. The van der Waals surface area contributed by atoms with E-state index in [9.17, 15) is 0 Å². The van der Waals surface area contributed by atoms with Gasteiger partial charge in [-0.05, 0) is 44.4 Å². The summed E-state index contributed by atoms with van der Waals surface area (Å²) in [7, 11) is 1.88. The molecule has 2 fully saturated rings. The first-order valence-electron chi connectivity index (χ1n) is 9.87. The third-order valence-corrected chi connectivity index (χ3v) is 6.42. The lowest BCUT2D eigenvalue weighted by Crippen LogP contribution is -2.50. The summed E-state index contributed by atoms with van der Waals surface area (Å²) in [6.45, 7) is 9.77. The molecule has 0 amide bonds. The van der Waals surface area contributed by atoms with E-state index >= 15 is 0 Å². The molecule has 0 bridgehead atoms. The SMILES string of the molecule is CN=C(NCc1ccnc(N2CCCCCC2)c1)N1CCSC(C)(C)C1. The van der Waals surface area contributed by atoms with Crippen LogP contribution in [0.2, 0.25) is 0 Å². The van der Waals surface area contributed by atoms with E-state index in [0.29, 0.717) is 0 Å². The van der Waals surface area contributed by atoms with Gasteiger partial charge in [0, 0.05) is 56.5 Å². The molecule has 5 nitrogen and oxygen atoms in total. The maximum atomic E-state index is 4.62. The Kier molecular flexibility index (Phi) is 6.68. The summed E-state index contributed by atoms with van der Waals surface area (Å²) >= 11 is 2.05. The van der Waals surface area contributed by atoms with E-state index in [4.69, 9.17) is 0 Å². The number of guanidine groups is 1. The zero-order valence-corrected chi connectivity index (χ0v) is 17.3. The monoisotopic (exact) mass is 375 g/mol. The summed E-state index contributed by atoms with van der Waals surface area (Å²) in [5, 5.41) is 3.56. The lowest BCUT2D eigenvalue weighted by molar-refractivity contribution is 0.375. The first-order chi connectivity index (χ1) is 12.6. The predicted molar refractivity (Wildman–Crippen MR) is 113 cm³/mol. The van der Waals surface area contributed by atoms with Crippen molar-refractivity contribution in [2.45, 2.75) is 50.8 Å². The van der Waals surface area contributed by atoms with Crippen molar-refractivity contribution in [2.24, 2.45) is 4.99 Å². The Balaban J connectivity index is 1.60. The van der Waals surface area contributed by atoms with Gasteiger partial charge in [0.2, 0.25) is 0 Å². The molecule has 1 aromatic rings. The normalized spacial score (nSPS) is 21.4. The summed E-state index contributed by atoms with van der Waals surface area (Å²) < 4.78 is 0.284.